The third-order valence-electron chi connectivity index (χ3n) is 10.6. The van der Waals surface area contributed by atoms with Gasteiger partial charge in [-0.05, 0) is 54.7 Å². The molecule has 0 saturated heterocycles. The summed E-state index contributed by atoms with van der Waals surface area (Å²) >= 11 is 0. The van der Waals surface area contributed by atoms with Crippen LogP contribution in [0, 0.1) is 32.3 Å². The number of aromatic nitrogens is 3. The van der Waals surface area contributed by atoms with E-state index in [1.165, 1.54) is 15.9 Å². The van der Waals surface area contributed by atoms with Crippen LogP contribution in [-0.2, 0) is 26.5 Å². The van der Waals surface area contributed by atoms with Crippen molar-refractivity contribution < 1.29 is 35.0 Å². The molecule has 53 heavy (non-hydrogen) atoms. The van der Waals surface area contributed by atoms with Crippen molar-refractivity contribution in [3.8, 4) is 28.6 Å². The van der Waals surface area contributed by atoms with Gasteiger partial charge in [-0.1, -0.05) is 110 Å². The Kier molecular flexibility index (Phi) is 8.55. The van der Waals surface area contributed by atoms with Gasteiger partial charge in [-0.2, -0.15) is 6.07 Å². The zero-order chi connectivity index (χ0) is 35.9. The number of anilines is 2. The number of aryl methyl sites for hydroxylation is 2. The molecule has 0 spiro atoms. The fraction of sp³-hybridized carbons (Fsp3) is 0.182. The van der Waals surface area contributed by atoms with Crippen LogP contribution < -0.4 is 34.6 Å². The van der Waals surface area contributed by atoms with Crippen LogP contribution in [-0.4, -0.2) is 24.7 Å². The molecule has 0 bridgehead atoms. The Hall–Kier alpha value is -4.91. The Morgan fingerprint density at radius 2 is 1.57 bits per heavy atom. The maximum Gasteiger partial charge on any atom is 0.524 e. The van der Waals surface area contributed by atoms with Gasteiger partial charge < -0.3 is 18.8 Å². The smallest absolute Gasteiger partial charge is 0.524 e. The van der Waals surface area contributed by atoms with E-state index in [0.29, 0.717) is 11.5 Å². The van der Waals surface area contributed by atoms with Gasteiger partial charge in [0.15, 0.2) is 5.82 Å². The third-order valence-corrected chi connectivity index (χ3v) is 14.1. The minimum Gasteiger partial charge on any atom is -0.535 e. The summed E-state index contributed by atoms with van der Waals surface area (Å²) < 4.78 is 17.8. The zero-order valence-corrected chi connectivity index (χ0v) is 34.2. The van der Waals surface area contributed by atoms with Gasteiger partial charge in [0.1, 0.15) is 5.75 Å². The van der Waals surface area contributed by atoms with Crippen LogP contribution in [0.25, 0.3) is 22.4 Å². The van der Waals surface area contributed by atoms with Crippen molar-refractivity contribution in [3.63, 3.8) is 0 Å². The van der Waals surface area contributed by atoms with Crippen LogP contribution >= 0.6 is 0 Å². The second kappa shape index (κ2) is 12.9. The van der Waals surface area contributed by atoms with Crippen molar-refractivity contribution >= 4 is 53.5 Å². The maximum atomic E-state index is 6.78. The zero-order valence-electron chi connectivity index (χ0n) is 30.9. The molecule has 2 aliphatic heterocycles. The Morgan fingerprint density at radius 1 is 0.811 bits per heavy atom. The molecule has 0 N–H and O–H groups in total. The van der Waals surface area contributed by atoms with E-state index in [2.05, 4.69) is 165 Å². The third kappa shape index (κ3) is 5.75. The van der Waals surface area contributed by atoms with Crippen LogP contribution in [0.5, 0.6) is 17.2 Å². The first kappa shape index (κ1) is 35.1. The Morgan fingerprint density at radius 3 is 2.32 bits per heavy atom. The van der Waals surface area contributed by atoms with E-state index in [0.717, 1.165) is 56.3 Å². The van der Waals surface area contributed by atoms with Gasteiger partial charge in [-0.25, -0.2) is 4.98 Å². The number of imidazole rings is 1. The number of benzene rings is 5. The number of nitrogens with zero attached hydrogens (tertiary/aromatic N) is 4. The first-order chi connectivity index (χ1) is 25.0. The fourth-order valence-corrected chi connectivity index (χ4v) is 10.7. The first-order valence-corrected chi connectivity index (χ1v) is 20.8. The van der Waals surface area contributed by atoms with E-state index in [1.54, 1.807) is 0 Å². The molecule has 9 heteroatoms. The normalized spacial score (nSPS) is 14.0. The minimum absolute atomic E-state index is 0. The van der Waals surface area contributed by atoms with Crippen LogP contribution in [0.2, 0.25) is 13.1 Å². The molecule has 2 aliphatic rings. The molecule has 4 heterocycles. The van der Waals surface area contributed by atoms with Gasteiger partial charge in [0, 0.05) is 46.8 Å². The van der Waals surface area contributed by atoms with E-state index in [-0.39, 0.29) is 26.5 Å². The topological polar surface area (TPSA) is 43.4 Å². The van der Waals surface area contributed by atoms with E-state index >= 15 is 0 Å². The Bertz CT molecular complexity index is 2530. The molecular formula is C44H39BN4O2PtSi-2. The maximum absolute atomic E-state index is 6.78. The molecular weight excluding hydrogens is 850 g/mol. The van der Waals surface area contributed by atoms with Crippen molar-refractivity contribution in [2.45, 2.75) is 53.1 Å². The van der Waals surface area contributed by atoms with Crippen molar-refractivity contribution in [2.24, 2.45) is 0 Å². The summed E-state index contributed by atoms with van der Waals surface area (Å²) in [6.45, 7) is 15.8. The molecule has 0 aliphatic carbocycles. The minimum atomic E-state index is -2.08. The molecule has 266 valence electrons. The summed E-state index contributed by atoms with van der Waals surface area (Å²) in [6.07, 6.45) is 5.49. The molecule has 0 radical (unpaired) electrons. The molecule has 0 atom stereocenters. The molecule has 7 aromatic rings. The summed E-state index contributed by atoms with van der Waals surface area (Å²) in [5.41, 5.74) is 9.59. The van der Waals surface area contributed by atoms with Crippen molar-refractivity contribution in [1.29, 1.82) is 0 Å². The largest absolute Gasteiger partial charge is 0.535 e. The molecule has 0 amide bonds. The van der Waals surface area contributed by atoms with Gasteiger partial charge in [0.2, 0.25) is 0 Å². The average Bonchev–Trinajstić information content (AvgIpc) is 3.70. The van der Waals surface area contributed by atoms with E-state index < -0.39 is 15.1 Å². The van der Waals surface area contributed by atoms with Crippen molar-refractivity contribution in [2.75, 3.05) is 4.81 Å². The predicted molar refractivity (Wildman–Crippen MR) is 212 cm³/mol. The van der Waals surface area contributed by atoms with Gasteiger partial charge in [-0.15, -0.1) is 41.1 Å². The molecule has 0 unspecified atom stereocenters. The molecule has 0 saturated carbocycles. The van der Waals surface area contributed by atoms with E-state index in [4.69, 9.17) is 14.4 Å². The van der Waals surface area contributed by atoms with Crippen molar-refractivity contribution in [1.82, 2.24) is 9.55 Å². The number of para-hydroxylation sites is 2. The summed E-state index contributed by atoms with van der Waals surface area (Å²) in [6, 6.07) is 43.2. The fourth-order valence-electron chi connectivity index (χ4n) is 7.79. The van der Waals surface area contributed by atoms with Gasteiger partial charge >= 0.3 is 7.05 Å². The van der Waals surface area contributed by atoms with Gasteiger partial charge in [-0.3, -0.25) is 4.57 Å². The van der Waals surface area contributed by atoms with Crippen molar-refractivity contribution in [3.05, 3.63) is 144 Å². The number of ether oxygens (including phenoxy) is 1. The van der Waals surface area contributed by atoms with Crippen LogP contribution in [0.15, 0.2) is 109 Å². The number of hydrogen-bond acceptors (Lipinski definition) is 4. The van der Waals surface area contributed by atoms with Crippen LogP contribution in [0.4, 0.5) is 11.5 Å². The summed E-state index contributed by atoms with van der Waals surface area (Å²) in [4.78, 5) is 6.96. The summed E-state index contributed by atoms with van der Waals surface area (Å²) in [5.74, 6) is 2.73. The monoisotopic (exact) mass is 889 g/mol. The van der Waals surface area contributed by atoms with Crippen LogP contribution in [0.1, 0.15) is 37.5 Å². The summed E-state index contributed by atoms with van der Waals surface area (Å²) in [5, 5.41) is 2.69. The molecule has 0 fully saturated rings. The number of pyridine rings is 1. The quantitative estimate of drug-likeness (QED) is 0.102. The van der Waals surface area contributed by atoms with Gasteiger partial charge in [0.25, 0.3) is 6.33 Å². The standard InChI is InChI=1S/C44H39BN4O2Si.Pt/c1-29-14-11-15-30(2)41(29)45-49(43-38(51-45)19-13-23-46-43)33-24-31(44(3,4)5)25-35(26-33)50-34-21-22-39-37(27-34)48-28-47(32-16-9-8-10-17-32)36-18-12-20-40(42(36)48)52(39,6)7;/h8-25H,1-7H3;/q-2;. The average molecular weight is 890 g/mol. The first-order valence-electron chi connectivity index (χ1n) is 17.8. The summed E-state index contributed by atoms with van der Waals surface area (Å²) in [7, 11) is -2.49. The van der Waals surface area contributed by atoms with Gasteiger partial charge in [0.05, 0.1) is 16.7 Å². The second-order valence-corrected chi connectivity index (χ2v) is 19.8. The molecule has 9 rings (SSSR count). The SMILES string of the molecule is Cc1cccc(C)c1B1Oc2cccnc2N1c1[c-]c(Oc2[c-]c3c(cc2)[Si](C)(C)c2cccc4c2n-3[c-][n+]4-c2ccccc2)cc(C(C)(C)C)c1.[Pt]. The second-order valence-electron chi connectivity index (χ2n) is 15.4. The van der Waals surface area contributed by atoms with E-state index in [1.807, 2.05) is 24.4 Å². The predicted octanol–water partition coefficient (Wildman–Crippen LogP) is 7.47. The Labute approximate surface area is 327 Å². The number of rotatable bonds is 5. The van der Waals surface area contributed by atoms with Crippen LogP contribution in [0.3, 0.4) is 0 Å². The number of fused-ring (bicyclic) bond motifs is 3. The molecule has 6 nitrogen and oxygen atoms in total. The molecule has 2 aromatic heterocycles. The molecule has 5 aromatic carbocycles. The van der Waals surface area contributed by atoms with E-state index in [9.17, 15) is 0 Å². The Balaban J connectivity index is 0.00000400. The number of hydrogen-bond donors (Lipinski definition) is 0.